The number of halogens is 3. The van der Waals surface area contributed by atoms with E-state index in [2.05, 4.69) is 0 Å². The second-order valence-corrected chi connectivity index (χ2v) is 5.54. The molecule has 22 heavy (non-hydrogen) atoms. The Morgan fingerprint density at radius 3 is 2.41 bits per heavy atom. The van der Waals surface area contributed by atoms with Crippen LogP contribution < -0.4 is 0 Å². The summed E-state index contributed by atoms with van der Waals surface area (Å²) in [7, 11) is 0. The number of ketones is 1. The number of allylic oxidation sites excluding steroid dienone is 1. The van der Waals surface area contributed by atoms with Crippen LogP contribution in [0.1, 0.15) is 15.9 Å². The summed E-state index contributed by atoms with van der Waals surface area (Å²) in [6.07, 6.45) is 2.73. The summed E-state index contributed by atoms with van der Waals surface area (Å²) < 4.78 is 0. The lowest BCUT2D eigenvalue weighted by atomic mass is 10.1. The van der Waals surface area contributed by atoms with Gasteiger partial charge in [0.2, 0.25) is 0 Å². The molecule has 112 valence electrons. The molecule has 0 N–H and O–H groups in total. The number of nitro benzene ring substituents is 1. The van der Waals surface area contributed by atoms with Gasteiger partial charge in [0.25, 0.3) is 5.69 Å². The third kappa shape index (κ3) is 3.85. The first-order valence-electron chi connectivity index (χ1n) is 6.00. The smallest absolute Gasteiger partial charge is 0.288 e. The van der Waals surface area contributed by atoms with Crippen LogP contribution in [0, 0.1) is 10.1 Å². The van der Waals surface area contributed by atoms with Gasteiger partial charge < -0.3 is 0 Å². The van der Waals surface area contributed by atoms with E-state index in [1.807, 2.05) is 0 Å². The maximum atomic E-state index is 12.1. The maximum Gasteiger partial charge on any atom is 0.288 e. The Hall–Kier alpha value is -1.88. The largest absolute Gasteiger partial charge is 0.289 e. The van der Waals surface area contributed by atoms with Gasteiger partial charge in [-0.25, -0.2) is 0 Å². The fraction of sp³-hybridized carbons (Fsp3) is 0. The molecule has 0 spiro atoms. The van der Waals surface area contributed by atoms with E-state index < -0.39 is 4.92 Å². The van der Waals surface area contributed by atoms with Gasteiger partial charge in [-0.15, -0.1) is 0 Å². The van der Waals surface area contributed by atoms with Crippen molar-refractivity contribution < 1.29 is 9.72 Å². The minimum absolute atomic E-state index is 0.0363. The third-order valence-electron chi connectivity index (χ3n) is 2.79. The average molecular weight is 357 g/mol. The Labute approximate surface area is 141 Å². The molecular weight excluding hydrogens is 349 g/mol. The van der Waals surface area contributed by atoms with Crippen molar-refractivity contribution in [1.82, 2.24) is 0 Å². The first kappa shape index (κ1) is 16.5. The van der Waals surface area contributed by atoms with Crippen LogP contribution in [0.5, 0.6) is 0 Å². The van der Waals surface area contributed by atoms with Gasteiger partial charge in [0.1, 0.15) is 5.02 Å². The van der Waals surface area contributed by atoms with Gasteiger partial charge in [0, 0.05) is 16.7 Å². The molecule has 0 aliphatic heterocycles. The molecule has 0 bridgehead atoms. The van der Waals surface area contributed by atoms with E-state index in [4.69, 9.17) is 34.8 Å². The number of carbonyl (C=O) groups excluding carboxylic acids is 1. The molecule has 0 radical (unpaired) electrons. The Morgan fingerprint density at radius 2 is 1.77 bits per heavy atom. The maximum absolute atomic E-state index is 12.1. The van der Waals surface area contributed by atoms with Crippen LogP contribution in [0.3, 0.4) is 0 Å². The highest BCUT2D eigenvalue weighted by molar-refractivity contribution is 6.37. The number of nitro groups is 1. The molecule has 2 aromatic carbocycles. The summed E-state index contributed by atoms with van der Waals surface area (Å²) >= 11 is 17.4. The fourth-order valence-electron chi connectivity index (χ4n) is 1.72. The number of rotatable bonds is 4. The Kier molecular flexibility index (Phi) is 5.19. The third-order valence-corrected chi connectivity index (χ3v) is 3.66. The number of nitrogens with zero attached hydrogens (tertiary/aromatic N) is 1. The van der Waals surface area contributed by atoms with Gasteiger partial charge in [0.05, 0.1) is 9.95 Å². The minimum Gasteiger partial charge on any atom is -0.289 e. The molecule has 0 saturated heterocycles. The number of hydrogen-bond acceptors (Lipinski definition) is 3. The summed E-state index contributed by atoms with van der Waals surface area (Å²) in [5.74, 6) is -0.334. The number of hydrogen-bond donors (Lipinski definition) is 0. The van der Waals surface area contributed by atoms with Crippen molar-refractivity contribution in [2.75, 3.05) is 0 Å². The van der Waals surface area contributed by atoms with Gasteiger partial charge in [0.15, 0.2) is 5.78 Å². The molecule has 0 saturated carbocycles. The highest BCUT2D eigenvalue weighted by Crippen LogP contribution is 2.26. The number of carbonyl (C=O) groups is 1. The van der Waals surface area contributed by atoms with Gasteiger partial charge >= 0.3 is 0 Å². The van der Waals surface area contributed by atoms with Crippen LogP contribution in [0.15, 0.2) is 42.5 Å². The lowest BCUT2D eigenvalue weighted by Crippen LogP contribution is -1.95. The first-order valence-corrected chi connectivity index (χ1v) is 7.13. The predicted molar refractivity (Wildman–Crippen MR) is 87.9 cm³/mol. The lowest BCUT2D eigenvalue weighted by molar-refractivity contribution is -0.384. The van der Waals surface area contributed by atoms with Crippen LogP contribution in [-0.4, -0.2) is 10.7 Å². The monoisotopic (exact) mass is 355 g/mol. The molecule has 0 aliphatic carbocycles. The fourth-order valence-corrected chi connectivity index (χ4v) is 2.41. The van der Waals surface area contributed by atoms with Crippen LogP contribution in [0.4, 0.5) is 5.69 Å². The van der Waals surface area contributed by atoms with Crippen molar-refractivity contribution >= 4 is 52.3 Å². The van der Waals surface area contributed by atoms with Crippen LogP contribution in [0.2, 0.25) is 15.1 Å². The normalized spacial score (nSPS) is 10.9. The molecule has 2 rings (SSSR count). The summed E-state index contributed by atoms with van der Waals surface area (Å²) in [5.41, 5.74) is 0.557. The average Bonchev–Trinajstić information content (AvgIpc) is 2.45. The van der Waals surface area contributed by atoms with Gasteiger partial charge in [-0.05, 0) is 35.9 Å². The molecule has 0 unspecified atom stereocenters. The van der Waals surface area contributed by atoms with Crippen LogP contribution in [0.25, 0.3) is 6.08 Å². The van der Waals surface area contributed by atoms with E-state index in [0.717, 1.165) is 0 Å². The van der Waals surface area contributed by atoms with Crippen LogP contribution in [-0.2, 0) is 0 Å². The van der Waals surface area contributed by atoms with Crippen molar-refractivity contribution in [3.8, 4) is 0 Å². The van der Waals surface area contributed by atoms with Gasteiger partial charge in [-0.1, -0.05) is 46.9 Å². The SMILES string of the molecule is O=C(C=Cc1ccc(Cl)c([N+](=O)[O-])c1)c1ccc(Cl)cc1Cl. The Bertz CT molecular complexity index is 788. The molecule has 0 atom stereocenters. The van der Waals surface area contributed by atoms with E-state index in [1.54, 1.807) is 12.1 Å². The zero-order chi connectivity index (χ0) is 16.3. The van der Waals surface area contributed by atoms with E-state index in [-0.39, 0.29) is 21.5 Å². The summed E-state index contributed by atoms with van der Waals surface area (Å²) in [5, 5.41) is 11.5. The number of benzene rings is 2. The zero-order valence-electron chi connectivity index (χ0n) is 10.9. The van der Waals surface area contributed by atoms with Gasteiger partial charge in [-0.2, -0.15) is 0 Å². The minimum atomic E-state index is -0.586. The second-order valence-electron chi connectivity index (χ2n) is 4.29. The molecular formula is C15H8Cl3NO3. The summed E-state index contributed by atoms with van der Waals surface area (Å²) in [4.78, 5) is 22.3. The molecule has 7 heteroatoms. The standard InChI is InChI=1S/C15H8Cl3NO3/c16-10-3-4-11(13(18)8-10)15(20)6-2-9-1-5-12(17)14(7-9)19(21)22/h1-8H. The highest BCUT2D eigenvalue weighted by atomic mass is 35.5. The second kappa shape index (κ2) is 6.92. The molecule has 4 nitrogen and oxygen atoms in total. The van der Waals surface area contributed by atoms with E-state index in [9.17, 15) is 14.9 Å². The lowest BCUT2D eigenvalue weighted by Gasteiger charge is -2.00. The summed E-state index contributed by atoms with van der Waals surface area (Å²) in [6, 6.07) is 8.80. The van der Waals surface area contributed by atoms with Crippen molar-refractivity contribution in [3.63, 3.8) is 0 Å². The predicted octanol–water partition coefficient (Wildman–Crippen LogP) is 5.45. The molecule has 0 heterocycles. The van der Waals surface area contributed by atoms with E-state index in [0.29, 0.717) is 16.1 Å². The molecule has 0 aliphatic rings. The van der Waals surface area contributed by atoms with Crippen molar-refractivity contribution in [3.05, 3.63) is 78.8 Å². The highest BCUT2D eigenvalue weighted by Gasteiger charge is 2.12. The van der Waals surface area contributed by atoms with Crippen molar-refractivity contribution in [1.29, 1.82) is 0 Å². The van der Waals surface area contributed by atoms with E-state index >= 15 is 0 Å². The first-order chi connectivity index (χ1) is 10.4. The quantitative estimate of drug-likeness (QED) is 0.317. The van der Waals surface area contributed by atoms with Gasteiger partial charge in [-0.3, -0.25) is 14.9 Å². The Balaban J connectivity index is 2.26. The Morgan fingerprint density at radius 1 is 1.05 bits per heavy atom. The topological polar surface area (TPSA) is 60.2 Å². The summed E-state index contributed by atoms with van der Waals surface area (Å²) in [6.45, 7) is 0. The van der Waals surface area contributed by atoms with Crippen LogP contribution >= 0.6 is 34.8 Å². The van der Waals surface area contributed by atoms with Crippen molar-refractivity contribution in [2.24, 2.45) is 0 Å². The van der Waals surface area contributed by atoms with E-state index in [1.165, 1.54) is 36.4 Å². The molecule has 0 aromatic heterocycles. The molecule has 0 fully saturated rings. The molecule has 2 aromatic rings. The zero-order valence-corrected chi connectivity index (χ0v) is 13.2. The molecule has 0 amide bonds. The van der Waals surface area contributed by atoms with Crippen molar-refractivity contribution in [2.45, 2.75) is 0 Å².